The summed E-state index contributed by atoms with van der Waals surface area (Å²) in [7, 11) is -4.14. The molecule has 0 radical (unpaired) electrons. The molecular formula is C18H17NO4S. The van der Waals surface area contributed by atoms with E-state index >= 15 is 0 Å². The second-order valence-corrected chi connectivity index (χ2v) is 7.00. The summed E-state index contributed by atoms with van der Waals surface area (Å²) in [5.74, 6) is -1.99. The third kappa shape index (κ3) is 3.60. The average molecular weight is 343 g/mol. The minimum atomic E-state index is -4.14. The first-order valence-corrected chi connectivity index (χ1v) is 8.66. The standard InChI is InChI=1S/C18H17NO4S/c1-3-13-19(18(21)17(20)15-7-5-4-6-8-15)24(22,23)16-11-9-14(2)10-12-16/h3-12H,1,13H2,2H3. The normalized spacial score (nSPS) is 10.9. The predicted molar refractivity (Wildman–Crippen MR) is 91.0 cm³/mol. The van der Waals surface area contributed by atoms with Crippen molar-refractivity contribution in [1.82, 2.24) is 4.31 Å². The summed E-state index contributed by atoms with van der Waals surface area (Å²) in [5, 5.41) is 0. The van der Waals surface area contributed by atoms with E-state index in [-0.39, 0.29) is 17.0 Å². The molecule has 0 aliphatic heterocycles. The van der Waals surface area contributed by atoms with Crippen molar-refractivity contribution in [3.8, 4) is 0 Å². The van der Waals surface area contributed by atoms with Gasteiger partial charge in [0.05, 0.1) is 11.4 Å². The Kier molecular flexibility index (Phi) is 5.31. The summed E-state index contributed by atoms with van der Waals surface area (Å²) < 4.78 is 26.0. The number of hydrogen-bond acceptors (Lipinski definition) is 4. The van der Waals surface area contributed by atoms with Gasteiger partial charge in [0.1, 0.15) is 0 Å². The predicted octanol–water partition coefficient (Wildman–Crippen LogP) is 2.58. The van der Waals surface area contributed by atoms with Crippen LogP contribution >= 0.6 is 0 Å². The first-order valence-electron chi connectivity index (χ1n) is 7.22. The molecule has 0 fully saturated rings. The molecule has 0 spiro atoms. The van der Waals surface area contributed by atoms with Crippen LogP contribution < -0.4 is 0 Å². The van der Waals surface area contributed by atoms with E-state index in [0.717, 1.165) is 5.56 Å². The highest BCUT2D eigenvalue weighted by molar-refractivity contribution is 7.89. The molecule has 0 saturated carbocycles. The van der Waals surface area contributed by atoms with Gasteiger partial charge in [0.25, 0.3) is 15.8 Å². The first-order chi connectivity index (χ1) is 11.4. The molecule has 124 valence electrons. The van der Waals surface area contributed by atoms with Gasteiger partial charge in [-0.25, -0.2) is 12.7 Å². The van der Waals surface area contributed by atoms with E-state index in [0.29, 0.717) is 4.31 Å². The fourth-order valence-electron chi connectivity index (χ4n) is 2.07. The lowest BCUT2D eigenvalue weighted by molar-refractivity contribution is -0.121. The maximum absolute atomic E-state index is 12.7. The topological polar surface area (TPSA) is 71.5 Å². The molecule has 0 aromatic heterocycles. The lowest BCUT2D eigenvalue weighted by atomic mass is 10.1. The van der Waals surface area contributed by atoms with E-state index in [2.05, 4.69) is 6.58 Å². The van der Waals surface area contributed by atoms with E-state index in [4.69, 9.17) is 0 Å². The van der Waals surface area contributed by atoms with Gasteiger partial charge in [-0.15, -0.1) is 6.58 Å². The van der Waals surface area contributed by atoms with E-state index in [1.54, 1.807) is 30.3 Å². The zero-order valence-electron chi connectivity index (χ0n) is 13.2. The van der Waals surface area contributed by atoms with Gasteiger partial charge in [-0.3, -0.25) is 9.59 Å². The molecule has 0 aliphatic rings. The molecule has 1 amide bonds. The third-order valence-electron chi connectivity index (χ3n) is 3.36. The molecule has 2 rings (SSSR count). The Bertz CT molecular complexity index is 856. The number of carbonyl (C=O) groups is 2. The maximum Gasteiger partial charge on any atom is 0.308 e. The zero-order chi connectivity index (χ0) is 17.7. The molecule has 5 nitrogen and oxygen atoms in total. The number of hydrogen-bond donors (Lipinski definition) is 0. The minimum Gasteiger partial charge on any atom is -0.283 e. The largest absolute Gasteiger partial charge is 0.308 e. The average Bonchev–Trinajstić information content (AvgIpc) is 2.59. The van der Waals surface area contributed by atoms with Gasteiger partial charge in [0, 0.05) is 5.56 Å². The van der Waals surface area contributed by atoms with E-state index in [1.165, 1.54) is 30.3 Å². The molecule has 0 heterocycles. The summed E-state index contributed by atoms with van der Waals surface area (Å²) in [5.41, 5.74) is 1.02. The number of ketones is 1. The van der Waals surface area contributed by atoms with Gasteiger partial charge in [-0.2, -0.15) is 0 Å². The molecular weight excluding hydrogens is 326 g/mol. The highest BCUT2D eigenvalue weighted by atomic mass is 32.2. The number of amides is 1. The minimum absolute atomic E-state index is 0.0517. The second-order valence-electron chi connectivity index (χ2n) is 5.14. The Morgan fingerprint density at radius 3 is 2.17 bits per heavy atom. The molecule has 0 bridgehead atoms. The Morgan fingerprint density at radius 1 is 1.04 bits per heavy atom. The highest BCUT2D eigenvalue weighted by Crippen LogP contribution is 2.18. The molecule has 2 aromatic carbocycles. The Labute approximate surface area is 141 Å². The van der Waals surface area contributed by atoms with Gasteiger partial charge >= 0.3 is 5.91 Å². The smallest absolute Gasteiger partial charge is 0.283 e. The van der Waals surface area contributed by atoms with Crippen LogP contribution in [-0.4, -0.2) is 31.0 Å². The van der Waals surface area contributed by atoms with Crippen LogP contribution in [0.2, 0.25) is 0 Å². The van der Waals surface area contributed by atoms with Crippen molar-refractivity contribution in [3.63, 3.8) is 0 Å². The first kappa shape index (κ1) is 17.6. The second kappa shape index (κ2) is 7.23. The molecule has 24 heavy (non-hydrogen) atoms. The quantitative estimate of drug-likeness (QED) is 0.459. The van der Waals surface area contributed by atoms with Crippen LogP contribution in [0, 0.1) is 6.92 Å². The Hall–Kier alpha value is -2.73. The van der Waals surface area contributed by atoms with Crippen molar-refractivity contribution in [1.29, 1.82) is 0 Å². The SMILES string of the molecule is C=CCN(C(=O)C(=O)c1ccccc1)S(=O)(=O)c1ccc(C)cc1. The molecule has 6 heteroatoms. The fourth-order valence-corrected chi connectivity index (χ4v) is 3.41. The van der Waals surface area contributed by atoms with E-state index in [9.17, 15) is 18.0 Å². The van der Waals surface area contributed by atoms with Crippen molar-refractivity contribution >= 4 is 21.7 Å². The van der Waals surface area contributed by atoms with Crippen LogP contribution in [0.25, 0.3) is 0 Å². The van der Waals surface area contributed by atoms with Gasteiger partial charge in [-0.1, -0.05) is 54.1 Å². The third-order valence-corrected chi connectivity index (χ3v) is 5.12. The number of aryl methyl sites for hydroxylation is 1. The Balaban J connectivity index is 2.41. The Morgan fingerprint density at radius 2 is 1.62 bits per heavy atom. The molecule has 2 aromatic rings. The van der Waals surface area contributed by atoms with Crippen LogP contribution in [0.5, 0.6) is 0 Å². The number of Topliss-reactive ketones (excluding diaryl/α,β-unsaturated/α-hetero) is 1. The van der Waals surface area contributed by atoms with Crippen molar-refractivity contribution in [2.75, 3.05) is 6.54 Å². The number of sulfonamides is 1. The number of rotatable bonds is 6. The van der Waals surface area contributed by atoms with Crippen LogP contribution in [0.1, 0.15) is 15.9 Å². The summed E-state index contributed by atoms with van der Waals surface area (Å²) in [6.07, 6.45) is 1.27. The molecule has 0 saturated heterocycles. The van der Waals surface area contributed by atoms with Gasteiger partial charge in [0.15, 0.2) is 0 Å². The van der Waals surface area contributed by atoms with Crippen molar-refractivity contribution in [3.05, 3.63) is 78.4 Å². The summed E-state index contributed by atoms with van der Waals surface area (Å²) >= 11 is 0. The highest BCUT2D eigenvalue weighted by Gasteiger charge is 2.32. The van der Waals surface area contributed by atoms with Gasteiger partial charge < -0.3 is 0 Å². The van der Waals surface area contributed by atoms with Crippen molar-refractivity contribution in [2.45, 2.75) is 11.8 Å². The van der Waals surface area contributed by atoms with E-state index in [1.807, 2.05) is 6.92 Å². The summed E-state index contributed by atoms with van der Waals surface area (Å²) in [4.78, 5) is 24.7. The van der Waals surface area contributed by atoms with Crippen LogP contribution in [0.4, 0.5) is 0 Å². The number of carbonyl (C=O) groups excluding carboxylic acids is 2. The van der Waals surface area contributed by atoms with E-state index < -0.39 is 21.7 Å². The van der Waals surface area contributed by atoms with Crippen LogP contribution in [0.15, 0.2) is 72.1 Å². The zero-order valence-corrected chi connectivity index (χ0v) is 14.0. The molecule has 0 aliphatic carbocycles. The molecule has 0 unspecified atom stereocenters. The lowest BCUT2D eigenvalue weighted by Gasteiger charge is -2.20. The van der Waals surface area contributed by atoms with Crippen LogP contribution in [-0.2, 0) is 14.8 Å². The lowest BCUT2D eigenvalue weighted by Crippen LogP contribution is -2.41. The summed E-state index contributed by atoms with van der Waals surface area (Å²) in [6.45, 7) is 5.00. The van der Waals surface area contributed by atoms with Crippen molar-refractivity contribution < 1.29 is 18.0 Å². The van der Waals surface area contributed by atoms with Crippen molar-refractivity contribution in [2.24, 2.45) is 0 Å². The van der Waals surface area contributed by atoms with Gasteiger partial charge in [0.2, 0.25) is 0 Å². The molecule has 0 atom stereocenters. The molecule has 0 N–H and O–H groups in total. The summed E-state index contributed by atoms with van der Waals surface area (Å²) in [6, 6.07) is 13.9. The van der Waals surface area contributed by atoms with Crippen LogP contribution in [0.3, 0.4) is 0 Å². The monoisotopic (exact) mass is 343 g/mol. The number of benzene rings is 2. The maximum atomic E-state index is 12.7. The van der Waals surface area contributed by atoms with Gasteiger partial charge in [-0.05, 0) is 19.1 Å². The fraction of sp³-hybridized carbons (Fsp3) is 0.111. The number of nitrogens with zero attached hydrogens (tertiary/aromatic N) is 1.